The minimum atomic E-state index is -1.05. The number of aliphatic hydroxyl groups excluding tert-OH is 1. The number of methoxy groups -OCH3 is 1. The number of rotatable bonds is 16. The molecule has 3 fully saturated rings. The summed E-state index contributed by atoms with van der Waals surface area (Å²) in [6, 6.07) is 20.4. The first-order valence-electron chi connectivity index (χ1n) is 25.5. The Morgan fingerprint density at radius 1 is 0.808 bits per heavy atom. The van der Waals surface area contributed by atoms with E-state index in [1.54, 1.807) is 24.1 Å². The molecule has 2 unspecified atom stereocenters. The van der Waals surface area contributed by atoms with Crippen LogP contribution < -0.4 is 15.5 Å². The molecule has 0 spiro atoms. The summed E-state index contributed by atoms with van der Waals surface area (Å²) < 4.78 is 35.8. The van der Waals surface area contributed by atoms with Gasteiger partial charge in [0.25, 0.3) is 17.7 Å². The van der Waals surface area contributed by atoms with E-state index in [1.807, 2.05) is 37.4 Å². The van der Waals surface area contributed by atoms with Gasteiger partial charge >= 0.3 is 0 Å². The number of fused-ring (bicyclic) bond motifs is 14. The molecule has 0 saturated carbocycles. The molecule has 2 aromatic heterocycles. The Hall–Kier alpha value is -6.45. The van der Waals surface area contributed by atoms with Crippen LogP contribution in [0.3, 0.4) is 0 Å². The molecule has 3 N–H and O–H groups in total. The number of carbonyl (C=O) groups is 5. The first-order valence-corrected chi connectivity index (χ1v) is 25.5. The maximum absolute atomic E-state index is 14.1. The highest BCUT2D eigenvalue weighted by atomic mass is 16.6. The summed E-state index contributed by atoms with van der Waals surface area (Å²) in [4.78, 5) is 74.7. The van der Waals surface area contributed by atoms with Gasteiger partial charge in [-0.3, -0.25) is 33.8 Å². The summed E-state index contributed by atoms with van der Waals surface area (Å²) in [6.07, 6.45) is -0.891. The van der Waals surface area contributed by atoms with E-state index in [2.05, 4.69) is 60.8 Å². The molecule has 19 nitrogen and oxygen atoms in total. The zero-order valence-electron chi connectivity index (χ0n) is 41.3. The molecule has 12 rings (SSSR count). The van der Waals surface area contributed by atoms with E-state index >= 15 is 0 Å². The fourth-order valence-electron chi connectivity index (χ4n) is 12.7. The van der Waals surface area contributed by atoms with Crippen LogP contribution in [0.5, 0.6) is 0 Å². The summed E-state index contributed by atoms with van der Waals surface area (Å²) >= 11 is 0. The number of hydrogen-bond donors (Lipinski definition) is 3. The zero-order chi connectivity index (χ0) is 50.3. The van der Waals surface area contributed by atoms with Crippen molar-refractivity contribution in [1.82, 2.24) is 34.5 Å². The molecule has 382 valence electrons. The fraction of sp³-hybridized carbons (Fsp3) is 0.463. The van der Waals surface area contributed by atoms with Crippen molar-refractivity contribution >= 4 is 78.8 Å². The third-order valence-electron chi connectivity index (χ3n) is 16.1. The number of anilines is 1. The van der Waals surface area contributed by atoms with Crippen molar-refractivity contribution in [3.8, 4) is 0 Å². The van der Waals surface area contributed by atoms with Crippen LogP contribution in [0.4, 0.5) is 5.69 Å². The highest BCUT2D eigenvalue weighted by Crippen LogP contribution is 2.54. The second-order valence-corrected chi connectivity index (χ2v) is 20.0. The Kier molecular flexibility index (Phi) is 12.2. The summed E-state index contributed by atoms with van der Waals surface area (Å²) in [6.45, 7) is 8.31. The van der Waals surface area contributed by atoms with Crippen molar-refractivity contribution in [3.05, 3.63) is 89.0 Å². The summed E-state index contributed by atoms with van der Waals surface area (Å²) in [5.74, 6) is -1.62. The molecule has 6 aliphatic rings. The third kappa shape index (κ3) is 7.61. The number of nitrogens with zero attached hydrogens (tertiary/aromatic N) is 6. The van der Waals surface area contributed by atoms with Gasteiger partial charge in [0.15, 0.2) is 5.72 Å². The highest BCUT2D eigenvalue weighted by Gasteiger charge is 2.55. The molecule has 5 amide bonds. The molecule has 6 atom stereocenters. The van der Waals surface area contributed by atoms with Crippen LogP contribution in [0.2, 0.25) is 0 Å². The maximum atomic E-state index is 14.1. The van der Waals surface area contributed by atoms with Gasteiger partial charge in [-0.25, -0.2) is 0 Å². The van der Waals surface area contributed by atoms with Crippen LogP contribution in [0.15, 0.2) is 66.7 Å². The van der Waals surface area contributed by atoms with Crippen molar-refractivity contribution in [2.75, 3.05) is 91.4 Å². The molecule has 3 saturated heterocycles. The number of aromatic nitrogens is 2. The molecular weight excluding hydrogens is 937 g/mol. The van der Waals surface area contributed by atoms with Crippen LogP contribution >= 0.6 is 0 Å². The summed E-state index contributed by atoms with van der Waals surface area (Å²) in [7, 11) is 3.53. The number of hydrogen-bond acceptors (Lipinski definition) is 13. The minimum Gasteiger partial charge on any atom is -0.379 e. The predicted octanol–water partition coefficient (Wildman–Crippen LogP) is 4.05. The molecule has 6 aliphatic heterocycles. The number of carbonyl (C=O) groups excluding carboxylic acids is 5. The molecule has 2 bridgehead atoms. The normalized spacial score (nSPS) is 24.8. The first-order chi connectivity index (χ1) is 35.5. The Bertz CT molecular complexity index is 3230. The zero-order valence-corrected chi connectivity index (χ0v) is 41.3. The number of piperazine rings is 1. The van der Waals surface area contributed by atoms with Crippen LogP contribution in [-0.4, -0.2) is 169 Å². The molecule has 8 heterocycles. The minimum absolute atomic E-state index is 0.0703. The average molecular weight is 997 g/mol. The summed E-state index contributed by atoms with van der Waals surface area (Å²) in [5, 5.41) is 19.4. The van der Waals surface area contributed by atoms with Crippen molar-refractivity contribution in [1.29, 1.82) is 0 Å². The van der Waals surface area contributed by atoms with Crippen molar-refractivity contribution in [3.63, 3.8) is 0 Å². The summed E-state index contributed by atoms with van der Waals surface area (Å²) in [5.41, 5.74) is 5.87. The molecule has 0 radical (unpaired) electrons. The quantitative estimate of drug-likeness (QED) is 0.0929. The van der Waals surface area contributed by atoms with E-state index in [1.165, 1.54) is 0 Å². The Morgan fingerprint density at radius 2 is 1.51 bits per heavy atom. The Morgan fingerprint density at radius 3 is 2.25 bits per heavy atom. The Balaban J connectivity index is 0.613. The van der Waals surface area contributed by atoms with Crippen LogP contribution in [0, 0.1) is 0 Å². The lowest BCUT2D eigenvalue weighted by molar-refractivity contribution is -0.266. The number of benzene rings is 4. The van der Waals surface area contributed by atoms with Crippen molar-refractivity contribution in [2.45, 2.75) is 75.5 Å². The van der Waals surface area contributed by atoms with Crippen molar-refractivity contribution < 1.29 is 52.8 Å². The standard InChI is InChI=1S/C54H60N8O11/c1-54-49(69-3)39(29-42(73-54)60-35-12-6-4-9-31(35)45-46-34(30-55-51(46)66)43-32-10-5-7-13-36(32)62(54)48(43)47(45)60)57(2)41(64)17-23-70-25-27-72-28-26-71-24-22-58-18-20-59(21-19-58)37-14-8-11-33-44(37)53(68)61(52(33)67)38-15-16-40(63)56-50(38)65/h4-14,38-40,42,49,63H,15-30H2,1-3H3,(H,55,66)(H,56,65)/t38?,39-,40?,42-,49-,54+/m1/s1. The number of piperidine rings is 1. The van der Waals surface area contributed by atoms with Gasteiger partial charge in [-0.1, -0.05) is 42.5 Å². The van der Waals surface area contributed by atoms with E-state index in [0.717, 1.165) is 73.7 Å². The van der Waals surface area contributed by atoms with Crippen LogP contribution in [0.25, 0.3) is 43.6 Å². The third-order valence-corrected chi connectivity index (χ3v) is 16.1. The molecule has 19 heteroatoms. The fourth-order valence-corrected chi connectivity index (χ4v) is 12.7. The number of imide groups is 1. The number of ether oxygens (including phenoxy) is 5. The molecule has 0 aliphatic carbocycles. The molecule has 73 heavy (non-hydrogen) atoms. The number of para-hydroxylation sites is 2. The van der Waals surface area contributed by atoms with E-state index in [9.17, 15) is 29.1 Å². The number of nitrogens with one attached hydrogen (secondary N) is 2. The number of likely N-dealkylation sites (N-methyl/N-ethyl adjacent to an activating group) is 1. The van der Waals surface area contributed by atoms with Gasteiger partial charge in [0.2, 0.25) is 11.8 Å². The molecular formula is C54H60N8O11. The molecule has 4 aromatic carbocycles. The average Bonchev–Trinajstić information content (AvgIpc) is 4.11. The SMILES string of the molecule is CO[C@@H]1[C@H](N(C)C(=O)CCOCCOCCOCCN2CCN(c3cccc4c3C(=O)N(C3CCC(O)NC3=O)C4=O)CC2)C[C@H]2O[C@]1(C)n1c3ccccc3c3c4c(c5c6ccccc6n2c5c31)C(=O)NC4. The lowest BCUT2D eigenvalue weighted by Gasteiger charge is -2.50. The second kappa shape index (κ2) is 18.8. The predicted molar refractivity (Wildman–Crippen MR) is 269 cm³/mol. The van der Waals surface area contributed by atoms with Gasteiger partial charge in [-0.15, -0.1) is 0 Å². The van der Waals surface area contributed by atoms with Crippen molar-refractivity contribution in [2.24, 2.45) is 0 Å². The van der Waals surface area contributed by atoms with Crippen LogP contribution in [-0.2, 0) is 45.5 Å². The van der Waals surface area contributed by atoms with Gasteiger partial charge in [0, 0.05) is 81.4 Å². The largest absolute Gasteiger partial charge is 0.379 e. The lowest BCUT2D eigenvalue weighted by Crippen LogP contribution is -2.61. The van der Waals surface area contributed by atoms with E-state index < -0.39 is 48.0 Å². The topological polar surface area (TPSA) is 199 Å². The monoisotopic (exact) mass is 996 g/mol. The van der Waals surface area contributed by atoms with E-state index in [0.29, 0.717) is 81.5 Å². The lowest BCUT2D eigenvalue weighted by atomic mass is 9.91. The Labute approximate surface area is 420 Å². The van der Waals surface area contributed by atoms with Gasteiger partial charge in [0.1, 0.15) is 24.6 Å². The van der Waals surface area contributed by atoms with Gasteiger partial charge in [-0.2, -0.15) is 0 Å². The number of amides is 5. The molecule has 6 aromatic rings. The van der Waals surface area contributed by atoms with E-state index in [-0.39, 0.29) is 43.7 Å². The van der Waals surface area contributed by atoms with E-state index in [4.69, 9.17) is 23.7 Å². The maximum Gasteiger partial charge on any atom is 0.264 e. The second-order valence-electron chi connectivity index (χ2n) is 20.0. The smallest absolute Gasteiger partial charge is 0.264 e. The number of aliphatic hydroxyl groups is 1. The van der Waals surface area contributed by atoms with Gasteiger partial charge < -0.3 is 58.4 Å². The van der Waals surface area contributed by atoms with Crippen LogP contribution in [0.1, 0.15) is 75.5 Å². The highest BCUT2D eigenvalue weighted by molar-refractivity contribution is 6.31. The van der Waals surface area contributed by atoms with Gasteiger partial charge in [0.05, 0.1) is 96.5 Å². The van der Waals surface area contributed by atoms with Gasteiger partial charge in [-0.05, 0) is 49.6 Å². The first kappa shape index (κ1) is 47.5.